The Hall–Kier alpha value is -1.68. The molecule has 1 unspecified atom stereocenters. The van der Waals surface area contributed by atoms with Crippen LogP contribution in [0.3, 0.4) is 0 Å². The van der Waals surface area contributed by atoms with Gasteiger partial charge in [0.05, 0.1) is 5.69 Å². The van der Waals surface area contributed by atoms with Crippen molar-refractivity contribution in [1.82, 2.24) is 9.78 Å². The molecule has 2 aromatic rings. The highest BCUT2D eigenvalue weighted by molar-refractivity contribution is 5.30. The lowest BCUT2D eigenvalue weighted by molar-refractivity contribution is 0.623. The molecule has 0 aliphatic heterocycles. The number of nitrogens with two attached hydrogens (primary N) is 1. The van der Waals surface area contributed by atoms with Crippen molar-refractivity contribution in [2.24, 2.45) is 12.8 Å². The zero-order valence-corrected chi connectivity index (χ0v) is 10.0. The minimum absolute atomic E-state index is 0.0572. The van der Waals surface area contributed by atoms with Gasteiger partial charge in [0, 0.05) is 25.2 Å². The summed E-state index contributed by atoms with van der Waals surface area (Å²) in [6, 6.07) is 8.48. The summed E-state index contributed by atoms with van der Waals surface area (Å²) < 4.78 is 14.7. The zero-order chi connectivity index (χ0) is 12.4. The predicted molar refractivity (Wildman–Crippen MR) is 65.2 cm³/mol. The van der Waals surface area contributed by atoms with E-state index in [9.17, 15) is 4.39 Å². The van der Waals surface area contributed by atoms with Crippen molar-refractivity contribution in [3.63, 3.8) is 0 Å². The summed E-state index contributed by atoms with van der Waals surface area (Å²) in [7, 11) is 1.90. The topological polar surface area (TPSA) is 43.8 Å². The summed E-state index contributed by atoms with van der Waals surface area (Å²) in [5.41, 5.74) is 8.84. The first-order chi connectivity index (χ1) is 8.11. The van der Waals surface area contributed by atoms with Crippen molar-refractivity contribution in [2.45, 2.75) is 12.8 Å². The third-order valence-electron chi connectivity index (χ3n) is 2.90. The van der Waals surface area contributed by atoms with Gasteiger partial charge in [0.15, 0.2) is 0 Å². The summed E-state index contributed by atoms with van der Waals surface area (Å²) in [5.74, 6) is -0.174. The van der Waals surface area contributed by atoms with E-state index in [2.05, 4.69) is 5.10 Å². The minimum Gasteiger partial charge on any atom is -0.329 e. The molecule has 1 aromatic heterocycles. The molecule has 0 saturated carbocycles. The Morgan fingerprint density at radius 2 is 2.00 bits per heavy atom. The van der Waals surface area contributed by atoms with Gasteiger partial charge in [-0.15, -0.1) is 0 Å². The quantitative estimate of drug-likeness (QED) is 0.880. The predicted octanol–water partition coefficient (Wildman–Crippen LogP) is 1.96. The molecule has 0 saturated heterocycles. The molecular weight excluding hydrogens is 217 g/mol. The van der Waals surface area contributed by atoms with Gasteiger partial charge in [-0.3, -0.25) is 4.68 Å². The van der Waals surface area contributed by atoms with E-state index in [1.54, 1.807) is 12.1 Å². The number of halogens is 1. The average Bonchev–Trinajstić information content (AvgIpc) is 2.62. The lowest BCUT2D eigenvalue weighted by atomic mass is 9.95. The number of aryl methyl sites for hydroxylation is 2. The molecular formula is C13H16FN3. The molecule has 4 heteroatoms. The second-order valence-corrected chi connectivity index (χ2v) is 4.17. The van der Waals surface area contributed by atoms with E-state index < -0.39 is 0 Å². The highest BCUT2D eigenvalue weighted by Gasteiger charge is 2.16. The number of nitrogens with zero attached hydrogens (tertiary/aromatic N) is 2. The lowest BCUT2D eigenvalue weighted by Crippen LogP contribution is -2.17. The zero-order valence-electron chi connectivity index (χ0n) is 10.0. The second-order valence-electron chi connectivity index (χ2n) is 4.17. The smallest absolute Gasteiger partial charge is 0.123 e. The lowest BCUT2D eigenvalue weighted by Gasteiger charge is -2.15. The number of rotatable bonds is 3. The van der Waals surface area contributed by atoms with Crippen LogP contribution >= 0.6 is 0 Å². The summed E-state index contributed by atoms with van der Waals surface area (Å²) >= 11 is 0. The molecule has 0 aliphatic carbocycles. The van der Waals surface area contributed by atoms with Gasteiger partial charge < -0.3 is 5.73 Å². The van der Waals surface area contributed by atoms with Crippen molar-refractivity contribution in [3.05, 3.63) is 53.1 Å². The first-order valence-electron chi connectivity index (χ1n) is 5.58. The Bertz CT molecular complexity index is 502. The molecule has 90 valence electrons. The minimum atomic E-state index is -0.231. The van der Waals surface area contributed by atoms with E-state index in [-0.39, 0.29) is 11.7 Å². The summed E-state index contributed by atoms with van der Waals surface area (Å²) in [4.78, 5) is 0. The molecule has 1 heterocycles. The molecule has 3 nitrogen and oxygen atoms in total. The van der Waals surface area contributed by atoms with Crippen LogP contribution in [0.2, 0.25) is 0 Å². The fourth-order valence-corrected chi connectivity index (χ4v) is 2.08. The van der Waals surface area contributed by atoms with Gasteiger partial charge in [0.25, 0.3) is 0 Å². The van der Waals surface area contributed by atoms with Crippen LogP contribution in [0.5, 0.6) is 0 Å². The highest BCUT2D eigenvalue weighted by Crippen LogP contribution is 2.24. The van der Waals surface area contributed by atoms with Gasteiger partial charge >= 0.3 is 0 Å². The van der Waals surface area contributed by atoms with E-state index >= 15 is 0 Å². The van der Waals surface area contributed by atoms with E-state index in [0.717, 1.165) is 17.0 Å². The monoisotopic (exact) mass is 233 g/mol. The van der Waals surface area contributed by atoms with Crippen molar-refractivity contribution >= 4 is 0 Å². The molecule has 1 aromatic carbocycles. The maximum atomic E-state index is 12.9. The van der Waals surface area contributed by atoms with Crippen LogP contribution in [0.4, 0.5) is 4.39 Å². The van der Waals surface area contributed by atoms with Gasteiger partial charge in [-0.25, -0.2) is 4.39 Å². The number of hydrogen-bond acceptors (Lipinski definition) is 2. The third kappa shape index (κ3) is 2.36. The molecule has 0 fully saturated rings. The van der Waals surface area contributed by atoms with Crippen molar-refractivity contribution in [2.75, 3.05) is 6.54 Å². The van der Waals surface area contributed by atoms with Crippen LogP contribution in [-0.4, -0.2) is 16.3 Å². The number of benzene rings is 1. The first-order valence-corrected chi connectivity index (χ1v) is 5.58. The Morgan fingerprint density at radius 3 is 2.47 bits per heavy atom. The van der Waals surface area contributed by atoms with Gasteiger partial charge in [0.1, 0.15) is 5.82 Å². The van der Waals surface area contributed by atoms with E-state index in [1.807, 2.05) is 24.7 Å². The summed E-state index contributed by atoms with van der Waals surface area (Å²) in [6.45, 7) is 2.42. The van der Waals surface area contributed by atoms with Crippen LogP contribution in [0.25, 0.3) is 0 Å². The Kier molecular flexibility index (Phi) is 3.24. The molecule has 0 spiro atoms. The van der Waals surface area contributed by atoms with Crippen molar-refractivity contribution < 1.29 is 4.39 Å². The summed E-state index contributed by atoms with van der Waals surface area (Å²) in [5, 5.41) is 4.31. The van der Waals surface area contributed by atoms with Crippen LogP contribution in [-0.2, 0) is 7.05 Å². The molecule has 0 aliphatic rings. The fraction of sp³-hybridized carbons (Fsp3) is 0.308. The molecule has 0 bridgehead atoms. The SMILES string of the molecule is Cc1cc(C(CN)c2ccc(F)cc2)n(C)n1. The number of aromatic nitrogens is 2. The van der Waals surface area contributed by atoms with Gasteiger partial charge in [-0.2, -0.15) is 5.10 Å². The van der Waals surface area contributed by atoms with E-state index in [0.29, 0.717) is 6.54 Å². The third-order valence-corrected chi connectivity index (χ3v) is 2.90. The first kappa shape index (κ1) is 11.8. The van der Waals surface area contributed by atoms with Crippen LogP contribution in [0.1, 0.15) is 22.9 Å². The average molecular weight is 233 g/mol. The van der Waals surface area contributed by atoms with Crippen LogP contribution < -0.4 is 5.73 Å². The van der Waals surface area contributed by atoms with Crippen molar-refractivity contribution in [3.8, 4) is 0 Å². The highest BCUT2D eigenvalue weighted by atomic mass is 19.1. The van der Waals surface area contributed by atoms with Crippen molar-refractivity contribution in [1.29, 1.82) is 0 Å². The van der Waals surface area contributed by atoms with Crippen LogP contribution in [0, 0.1) is 12.7 Å². The van der Waals surface area contributed by atoms with E-state index in [4.69, 9.17) is 5.73 Å². The maximum Gasteiger partial charge on any atom is 0.123 e. The molecule has 17 heavy (non-hydrogen) atoms. The molecule has 0 amide bonds. The second kappa shape index (κ2) is 4.67. The largest absolute Gasteiger partial charge is 0.329 e. The standard InChI is InChI=1S/C13H16FN3/c1-9-7-13(17(2)16-9)12(8-15)10-3-5-11(14)6-4-10/h3-7,12H,8,15H2,1-2H3. The van der Waals surface area contributed by atoms with Gasteiger partial charge in [-0.1, -0.05) is 12.1 Å². The van der Waals surface area contributed by atoms with E-state index in [1.165, 1.54) is 12.1 Å². The maximum absolute atomic E-state index is 12.9. The van der Waals surface area contributed by atoms with Crippen LogP contribution in [0.15, 0.2) is 30.3 Å². The van der Waals surface area contributed by atoms with Gasteiger partial charge in [-0.05, 0) is 30.7 Å². The molecule has 2 N–H and O–H groups in total. The molecule has 1 atom stereocenters. The molecule has 2 rings (SSSR count). The fourth-order valence-electron chi connectivity index (χ4n) is 2.08. The summed E-state index contributed by atoms with van der Waals surface area (Å²) in [6.07, 6.45) is 0. The Morgan fingerprint density at radius 1 is 1.35 bits per heavy atom. The molecule has 0 radical (unpaired) electrons. The normalized spacial score (nSPS) is 12.7. The Balaban J connectivity index is 2.39. The Labute approximate surface area is 100 Å². The van der Waals surface area contributed by atoms with Gasteiger partial charge in [0.2, 0.25) is 0 Å². The number of hydrogen-bond donors (Lipinski definition) is 1.